The fraction of sp³-hybridized carbons (Fsp3) is 0.857. The molecule has 4 aliphatic carbocycles. The van der Waals surface area contributed by atoms with Crippen LogP contribution in [0.15, 0.2) is 11.6 Å². The Balaban J connectivity index is 1.49. The molecule has 1 spiro atoms. The van der Waals surface area contributed by atoms with Crippen molar-refractivity contribution in [2.75, 3.05) is 13.2 Å². The van der Waals surface area contributed by atoms with Crippen molar-refractivity contribution in [2.24, 2.45) is 28.6 Å². The van der Waals surface area contributed by atoms with Gasteiger partial charge >= 0.3 is 0 Å². The maximum absolute atomic E-state index is 11.9. The molecule has 3 nitrogen and oxygen atoms in total. The van der Waals surface area contributed by atoms with Crippen molar-refractivity contribution in [3.8, 4) is 0 Å². The summed E-state index contributed by atoms with van der Waals surface area (Å²) in [6.07, 6.45) is 11.0. The molecule has 0 radical (unpaired) electrons. The molecule has 0 aromatic rings. The van der Waals surface area contributed by atoms with Crippen molar-refractivity contribution in [3.63, 3.8) is 0 Å². The molecule has 3 saturated carbocycles. The third-order valence-electron chi connectivity index (χ3n) is 8.76. The molecule has 5 aliphatic rings. The number of hydrogen-bond acceptors (Lipinski definition) is 3. The maximum Gasteiger partial charge on any atom is 0.174 e. The molecule has 0 aromatic carbocycles. The van der Waals surface area contributed by atoms with Gasteiger partial charge in [-0.2, -0.15) is 0 Å². The second kappa shape index (κ2) is 4.94. The number of allylic oxidation sites excluding steroid dienone is 1. The summed E-state index contributed by atoms with van der Waals surface area (Å²) >= 11 is 0. The molecule has 0 aromatic heterocycles. The third-order valence-corrected chi connectivity index (χ3v) is 8.76. The van der Waals surface area contributed by atoms with Gasteiger partial charge in [0.2, 0.25) is 0 Å². The second-order valence-electron chi connectivity index (χ2n) is 9.41. The molecule has 4 fully saturated rings. The monoisotopic (exact) mass is 330 g/mol. The van der Waals surface area contributed by atoms with Gasteiger partial charge in [0.15, 0.2) is 11.6 Å². The van der Waals surface area contributed by atoms with E-state index < -0.39 is 0 Å². The minimum absolute atomic E-state index is 0.187. The van der Waals surface area contributed by atoms with E-state index in [0.717, 1.165) is 56.7 Å². The first-order valence-electron chi connectivity index (χ1n) is 10.0. The highest BCUT2D eigenvalue weighted by Crippen LogP contribution is 2.68. The highest BCUT2D eigenvalue weighted by atomic mass is 16.7. The van der Waals surface area contributed by atoms with Crippen molar-refractivity contribution in [2.45, 2.75) is 71.0 Å². The highest BCUT2D eigenvalue weighted by molar-refractivity contribution is 5.91. The molecule has 1 saturated heterocycles. The number of rotatable bonds is 0. The van der Waals surface area contributed by atoms with Gasteiger partial charge in [0.25, 0.3) is 0 Å². The first-order valence-corrected chi connectivity index (χ1v) is 10.0. The Morgan fingerprint density at radius 1 is 0.958 bits per heavy atom. The van der Waals surface area contributed by atoms with Crippen LogP contribution in [0.1, 0.15) is 65.2 Å². The molecule has 5 atom stereocenters. The SMILES string of the molecule is C[C@]12CCC(=O)C=C1CCC1C2CC[C@@]2(C)C1CCC21OCCO1. The van der Waals surface area contributed by atoms with Gasteiger partial charge in [-0.05, 0) is 67.8 Å². The summed E-state index contributed by atoms with van der Waals surface area (Å²) in [5, 5.41) is 0. The molecule has 1 aliphatic heterocycles. The number of ketones is 1. The largest absolute Gasteiger partial charge is 0.347 e. The normalized spacial score (nSPS) is 49.5. The Morgan fingerprint density at radius 3 is 2.50 bits per heavy atom. The Hall–Kier alpha value is -0.670. The van der Waals surface area contributed by atoms with E-state index in [2.05, 4.69) is 13.8 Å². The topological polar surface area (TPSA) is 35.5 Å². The zero-order valence-electron chi connectivity index (χ0n) is 15.1. The van der Waals surface area contributed by atoms with Gasteiger partial charge in [-0.3, -0.25) is 4.79 Å². The van der Waals surface area contributed by atoms with Crippen LogP contribution in [-0.4, -0.2) is 24.8 Å². The summed E-state index contributed by atoms with van der Waals surface area (Å²) in [5.41, 5.74) is 1.92. The van der Waals surface area contributed by atoms with Crippen LogP contribution >= 0.6 is 0 Å². The van der Waals surface area contributed by atoms with Crippen molar-refractivity contribution in [1.82, 2.24) is 0 Å². The highest BCUT2D eigenvalue weighted by Gasteiger charge is 2.66. The fourth-order valence-corrected chi connectivity index (χ4v) is 7.44. The molecule has 132 valence electrons. The van der Waals surface area contributed by atoms with Crippen LogP contribution in [0.2, 0.25) is 0 Å². The second-order valence-corrected chi connectivity index (χ2v) is 9.41. The lowest BCUT2D eigenvalue weighted by atomic mass is 9.47. The number of carbonyl (C=O) groups is 1. The van der Waals surface area contributed by atoms with Gasteiger partial charge in [0.05, 0.1) is 13.2 Å². The van der Waals surface area contributed by atoms with Gasteiger partial charge in [0, 0.05) is 18.3 Å². The number of fused-ring (bicyclic) bond motifs is 6. The average Bonchev–Trinajstić information content (AvgIpc) is 3.15. The number of hydrogen-bond donors (Lipinski definition) is 0. The summed E-state index contributed by atoms with van der Waals surface area (Å²) in [6.45, 7) is 6.44. The molecule has 0 amide bonds. The Labute approximate surface area is 145 Å². The summed E-state index contributed by atoms with van der Waals surface area (Å²) in [7, 11) is 0. The zero-order chi connectivity index (χ0) is 16.6. The maximum atomic E-state index is 11.9. The molecule has 3 heteroatoms. The van der Waals surface area contributed by atoms with E-state index in [9.17, 15) is 4.79 Å². The lowest BCUT2D eigenvalue weighted by Gasteiger charge is -2.58. The zero-order valence-corrected chi connectivity index (χ0v) is 15.1. The van der Waals surface area contributed by atoms with Crippen LogP contribution < -0.4 is 0 Å². The molecule has 0 bridgehead atoms. The molecular formula is C21H30O3. The van der Waals surface area contributed by atoms with Gasteiger partial charge in [-0.15, -0.1) is 0 Å². The van der Waals surface area contributed by atoms with Crippen molar-refractivity contribution >= 4 is 5.78 Å². The van der Waals surface area contributed by atoms with E-state index >= 15 is 0 Å². The molecule has 24 heavy (non-hydrogen) atoms. The lowest BCUT2D eigenvalue weighted by Crippen LogP contribution is -2.55. The molecular weight excluding hydrogens is 300 g/mol. The Kier molecular flexibility index (Phi) is 3.21. The van der Waals surface area contributed by atoms with Crippen LogP contribution in [0.5, 0.6) is 0 Å². The molecule has 1 heterocycles. The van der Waals surface area contributed by atoms with Crippen LogP contribution in [-0.2, 0) is 14.3 Å². The van der Waals surface area contributed by atoms with Crippen LogP contribution in [0.4, 0.5) is 0 Å². The Morgan fingerprint density at radius 2 is 1.71 bits per heavy atom. The summed E-state index contributed by atoms with van der Waals surface area (Å²) in [6, 6.07) is 0. The molecule has 0 N–H and O–H groups in total. The van der Waals surface area contributed by atoms with Gasteiger partial charge < -0.3 is 9.47 Å². The van der Waals surface area contributed by atoms with E-state index in [1.807, 2.05) is 6.08 Å². The lowest BCUT2D eigenvalue weighted by molar-refractivity contribution is -0.242. The number of ether oxygens (including phenoxy) is 2. The standard InChI is InChI=1S/C21H30O3/c1-19-8-5-15(22)13-14(19)3-4-16-17(19)6-9-20(2)18(16)7-10-21(20)23-11-12-24-21/h13,16-18H,3-12H2,1-2H3/t16?,17?,18?,19-,20-/m0/s1. The van der Waals surface area contributed by atoms with E-state index in [1.54, 1.807) is 0 Å². The van der Waals surface area contributed by atoms with Crippen LogP contribution in [0, 0.1) is 28.6 Å². The smallest absolute Gasteiger partial charge is 0.174 e. The van der Waals surface area contributed by atoms with Crippen molar-refractivity contribution in [3.05, 3.63) is 11.6 Å². The van der Waals surface area contributed by atoms with Gasteiger partial charge in [0.1, 0.15) is 0 Å². The first kappa shape index (κ1) is 15.6. The summed E-state index contributed by atoms with van der Waals surface area (Å²) < 4.78 is 12.4. The van der Waals surface area contributed by atoms with Gasteiger partial charge in [-0.25, -0.2) is 0 Å². The molecule has 5 rings (SSSR count). The minimum Gasteiger partial charge on any atom is -0.347 e. The van der Waals surface area contributed by atoms with E-state index in [4.69, 9.17) is 9.47 Å². The minimum atomic E-state index is -0.289. The third kappa shape index (κ3) is 1.78. The van der Waals surface area contributed by atoms with Gasteiger partial charge in [-0.1, -0.05) is 19.4 Å². The first-order chi connectivity index (χ1) is 11.5. The quantitative estimate of drug-likeness (QED) is 0.666. The summed E-state index contributed by atoms with van der Waals surface area (Å²) in [5.74, 6) is 2.33. The van der Waals surface area contributed by atoms with E-state index in [1.165, 1.54) is 31.3 Å². The fourth-order valence-electron chi connectivity index (χ4n) is 7.44. The van der Waals surface area contributed by atoms with Crippen LogP contribution in [0.3, 0.4) is 0 Å². The predicted octanol–water partition coefficient (Wildman–Crippen LogP) is 4.26. The number of carbonyl (C=O) groups excluding carboxylic acids is 1. The Bertz CT molecular complexity index is 602. The average molecular weight is 330 g/mol. The predicted molar refractivity (Wildman–Crippen MR) is 91.3 cm³/mol. The van der Waals surface area contributed by atoms with Crippen molar-refractivity contribution < 1.29 is 14.3 Å². The van der Waals surface area contributed by atoms with E-state index in [0.29, 0.717) is 5.78 Å². The van der Waals surface area contributed by atoms with Crippen LogP contribution in [0.25, 0.3) is 0 Å². The summed E-state index contributed by atoms with van der Waals surface area (Å²) in [4.78, 5) is 11.9. The van der Waals surface area contributed by atoms with Crippen molar-refractivity contribution in [1.29, 1.82) is 0 Å². The van der Waals surface area contributed by atoms with E-state index in [-0.39, 0.29) is 16.6 Å². The molecule has 3 unspecified atom stereocenters.